The minimum Gasteiger partial charge on any atom is -0.496 e. The molecule has 0 spiro atoms. The van der Waals surface area contributed by atoms with E-state index in [2.05, 4.69) is 5.32 Å². The molecule has 1 atom stereocenters. The summed E-state index contributed by atoms with van der Waals surface area (Å²) in [6.07, 6.45) is 1.45. The number of nitro groups is 1. The van der Waals surface area contributed by atoms with Gasteiger partial charge in [0.05, 0.1) is 29.6 Å². The lowest BCUT2D eigenvalue weighted by molar-refractivity contribution is -0.385. The predicted molar refractivity (Wildman–Crippen MR) is 78.2 cm³/mol. The first-order valence-corrected chi connectivity index (χ1v) is 8.48. The lowest BCUT2D eigenvalue weighted by Gasteiger charge is -2.23. The number of nitrogens with one attached hydrogen (secondary N) is 1. The lowest BCUT2D eigenvalue weighted by atomic mass is 10.1. The number of nitrogens with zero attached hydrogens (tertiary/aromatic N) is 1. The summed E-state index contributed by atoms with van der Waals surface area (Å²) in [5.74, 6) is 0.784. The van der Waals surface area contributed by atoms with Crippen LogP contribution in [0.4, 0.5) is 5.69 Å². The van der Waals surface area contributed by atoms with Crippen LogP contribution in [-0.4, -0.2) is 38.0 Å². The predicted octanol–water partition coefficient (Wildman–Crippen LogP) is 1.27. The fourth-order valence-corrected chi connectivity index (χ4v) is 4.09. The summed E-state index contributed by atoms with van der Waals surface area (Å²) in [6.45, 7) is 0.373. The van der Waals surface area contributed by atoms with Gasteiger partial charge in [0.2, 0.25) is 0 Å². The fraction of sp³-hybridized carbons (Fsp3) is 0.538. The van der Waals surface area contributed by atoms with E-state index in [1.54, 1.807) is 6.07 Å². The second-order valence-electron chi connectivity index (χ2n) is 5.13. The Labute approximate surface area is 123 Å². The van der Waals surface area contributed by atoms with Gasteiger partial charge in [0.15, 0.2) is 9.84 Å². The maximum atomic E-state index is 11.6. The van der Waals surface area contributed by atoms with Crippen molar-refractivity contribution in [2.75, 3.05) is 18.6 Å². The van der Waals surface area contributed by atoms with Crippen LogP contribution in [0.15, 0.2) is 18.2 Å². The maximum Gasteiger partial charge on any atom is 0.273 e. The molecule has 0 amide bonds. The normalized spacial score (nSPS) is 20.9. The molecule has 0 aromatic heterocycles. The molecule has 1 aromatic rings. The van der Waals surface area contributed by atoms with Crippen LogP contribution in [0, 0.1) is 10.1 Å². The monoisotopic (exact) mass is 314 g/mol. The third-order valence-corrected chi connectivity index (χ3v) is 5.28. The van der Waals surface area contributed by atoms with Crippen LogP contribution >= 0.6 is 0 Å². The quantitative estimate of drug-likeness (QED) is 0.649. The van der Waals surface area contributed by atoms with Gasteiger partial charge in [-0.3, -0.25) is 10.1 Å². The highest BCUT2D eigenvalue weighted by atomic mass is 32.2. The molecule has 0 radical (unpaired) electrons. The van der Waals surface area contributed by atoms with Crippen LogP contribution in [0.3, 0.4) is 0 Å². The number of hydrogen-bond donors (Lipinski definition) is 1. The van der Waals surface area contributed by atoms with E-state index >= 15 is 0 Å². The van der Waals surface area contributed by atoms with Crippen LogP contribution in [-0.2, 0) is 16.4 Å². The Morgan fingerprint density at radius 2 is 2.19 bits per heavy atom. The molecule has 7 nitrogen and oxygen atoms in total. The Hall–Kier alpha value is -1.67. The highest BCUT2D eigenvalue weighted by Gasteiger charge is 2.24. The van der Waals surface area contributed by atoms with Gasteiger partial charge in [-0.1, -0.05) is 0 Å². The molecule has 1 N–H and O–H groups in total. The number of sulfone groups is 1. The molecule has 1 aromatic carbocycles. The van der Waals surface area contributed by atoms with Gasteiger partial charge in [-0.05, 0) is 24.5 Å². The summed E-state index contributed by atoms with van der Waals surface area (Å²) in [5, 5.41) is 14.0. The number of nitro benzene ring substituents is 1. The van der Waals surface area contributed by atoms with Crippen LogP contribution in [0.5, 0.6) is 5.75 Å². The summed E-state index contributed by atoms with van der Waals surface area (Å²) in [7, 11) is -1.52. The minimum absolute atomic E-state index is 0.0394. The van der Waals surface area contributed by atoms with Gasteiger partial charge in [-0.15, -0.1) is 0 Å². The van der Waals surface area contributed by atoms with Crippen molar-refractivity contribution >= 4 is 15.5 Å². The van der Waals surface area contributed by atoms with Crippen LogP contribution < -0.4 is 10.1 Å². The zero-order chi connectivity index (χ0) is 15.5. The number of ether oxygens (including phenoxy) is 1. The van der Waals surface area contributed by atoms with Gasteiger partial charge in [0.1, 0.15) is 5.75 Å². The Kier molecular flexibility index (Phi) is 4.79. The molecule has 1 fully saturated rings. The highest BCUT2D eigenvalue weighted by molar-refractivity contribution is 7.91. The van der Waals surface area contributed by atoms with E-state index in [1.807, 2.05) is 0 Å². The number of benzene rings is 1. The number of methoxy groups -OCH3 is 1. The third-order valence-electron chi connectivity index (χ3n) is 3.46. The number of non-ortho nitro benzene ring substituents is 1. The highest BCUT2D eigenvalue weighted by Crippen LogP contribution is 2.23. The second kappa shape index (κ2) is 6.40. The molecule has 1 unspecified atom stereocenters. The molecule has 0 bridgehead atoms. The molecule has 0 aliphatic carbocycles. The van der Waals surface area contributed by atoms with E-state index in [4.69, 9.17) is 4.74 Å². The van der Waals surface area contributed by atoms with Gasteiger partial charge in [0, 0.05) is 18.7 Å². The van der Waals surface area contributed by atoms with Crippen LogP contribution in [0.1, 0.15) is 18.4 Å². The summed E-state index contributed by atoms with van der Waals surface area (Å²) in [5.41, 5.74) is 0.659. The van der Waals surface area contributed by atoms with Crippen molar-refractivity contribution in [1.82, 2.24) is 5.32 Å². The van der Waals surface area contributed by atoms with Crippen molar-refractivity contribution in [3.05, 3.63) is 33.9 Å². The molecule has 0 saturated carbocycles. The Bertz CT molecular complexity index is 629. The Balaban J connectivity index is 2.05. The Morgan fingerprint density at radius 1 is 1.43 bits per heavy atom. The zero-order valence-corrected chi connectivity index (χ0v) is 12.6. The molecular formula is C13H18N2O5S. The van der Waals surface area contributed by atoms with Crippen molar-refractivity contribution in [2.45, 2.75) is 25.4 Å². The standard InChI is InChI=1S/C13H18N2O5S/c1-20-13-6-10(5-12(7-13)15(16)17)8-14-11-3-2-4-21(18,19)9-11/h5-7,11,14H,2-4,8-9H2,1H3. The molecular weight excluding hydrogens is 296 g/mol. The van der Waals surface area contributed by atoms with Crippen molar-refractivity contribution in [2.24, 2.45) is 0 Å². The summed E-state index contributed by atoms with van der Waals surface area (Å²) < 4.78 is 28.2. The van der Waals surface area contributed by atoms with E-state index in [9.17, 15) is 18.5 Å². The third kappa shape index (κ3) is 4.40. The molecule has 116 valence electrons. The van der Waals surface area contributed by atoms with Crippen molar-refractivity contribution in [3.8, 4) is 5.75 Å². The summed E-state index contributed by atoms with van der Waals surface area (Å²) in [4.78, 5) is 10.4. The first-order valence-electron chi connectivity index (χ1n) is 6.66. The zero-order valence-electron chi connectivity index (χ0n) is 11.7. The van der Waals surface area contributed by atoms with Gasteiger partial charge in [-0.25, -0.2) is 8.42 Å². The van der Waals surface area contributed by atoms with Gasteiger partial charge >= 0.3 is 0 Å². The SMILES string of the molecule is COc1cc(CNC2CCCS(=O)(=O)C2)cc([N+](=O)[O-])c1. The van der Waals surface area contributed by atoms with E-state index < -0.39 is 14.8 Å². The summed E-state index contributed by atoms with van der Waals surface area (Å²) in [6, 6.07) is 4.42. The van der Waals surface area contributed by atoms with E-state index in [0.29, 0.717) is 24.3 Å². The number of rotatable bonds is 5. The largest absolute Gasteiger partial charge is 0.496 e. The molecule has 2 rings (SSSR count). The molecule has 21 heavy (non-hydrogen) atoms. The van der Waals surface area contributed by atoms with E-state index in [0.717, 1.165) is 6.42 Å². The average molecular weight is 314 g/mol. The van der Waals surface area contributed by atoms with Crippen LogP contribution in [0.25, 0.3) is 0 Å². The first-order chi connectivity index (χ1) is 9.89. The van der Waals surface area contributed by atoms with Gasteiger partial charge in [0.25, 0.3) is 5.69 Å². The molecule has 1 aliphatic heterocycles. The van der Waals surface area contributed by atoms with Gasteiger partial charge in [-0.2, -0.15) is 0 Å². The average Bonchev–Trinajstić information content (AvgIpc) is 2.43. The lowest BCUT2D eigenvalue weighted by Crippen LogP contribution is -2.39. The molecule has 1 aliphatic rings. The second-order valence-corrected chi connectivity index (χ2v) is 7.36. The van der Waals surface area contributed by atoms with Crippen molar-refractivity contribution < 1.29 is 18.1 Å². The molecule has 8 heteroatoms. The topological polar surface area (TPSA) is 98.5 Å². The maximum absolute atomic E-state index is 11.6. The van der Waals surface area contributed by atoms with Gasteiger partial charge < -0.3 is 10.1 Å². The minimum atomic E-state index is -2.97. The fourth-order valence-electron chi connectivity index (χ4n) is 2.41. The first kappa shape index (κ1) is 15.7. The van der Waals surface area contributed by atoms with Crippen molar-refractivity contribution in [3.63, 3.8) is 0 Å². The van der Waals surface area contributed by atoms with Crippen molar-refractivity contribution in [1.29, 1.82) is 0 Å². The smallest absolute Gasteiger partial charge is 0.273 e. The van der Waals surface area contributed by atoms with E-state index in [-0.39, 0.29) is 23.2 Å². The van der Waals surface area contributed by atoms with Crippen LogP contribution in [0.2, 0.25) is 0 Å². The molecule has 1 saturated heterocycles. The number of hydrogen-bond acceptors (Lipinski definition) is 6. The summed E-state index contributed by atoms with van der Waals surface area (Å²) >= 11 is 0. The van der Waals surface area contributed by atoms with E-state index in [1.165, 1.54) is 19.2 Å². The molecule has 1 heterocycles. The Morgan fingerprint density at radius 3 is 2.81 bits per heavy atom.